The van der Waals surface area contributed by atoms with Crippen LogP contribution in [0.2, 0.25) is 0 Å². The molecule has 0 saturated heterocycles. The fourth-order valence-electron chi connectivity index (χ4n) is 9.71. The number of para-hydroxylation sites is 3. The minimum Gasteiger partial charge on any atom is -0.456 e. The SMILES string of the molecule is c1ccc(-n2c3ccccc3c3cc(-n4c5ccccc5c5cc(-c6ccc7oc8cc9c%10c(cccc%10c8c7c6)-c6ccccc6-9)ccc54)ccc32)cc1. The second-order valence-electron chi connectivity index (χ2n) is 14.9. The molecular formula is C52H30N2O. The van der Waals surface area contributed by atoms with Crippen LogP contribution in [0.5, 0.6) is 0 Å². The molecule has 3 heterocycles. The molecule has 0 saturated carbocycles. The summed E-state index contributed by atoms with van der Waals surface area (Å²) in [5.41, 5.74) is 16.5. The Morgan fingerprint density at radius 2 is 0.855 bits per heavy atom. The fourth-order valence-corrected chi connectivity index (χ4v) is 9.71. The van der Waals surface area contributed by atoms with E-state index in [4.69, 9.17) is 4.42 Å². The van der Waals surface area contributed by atoms with Gasteiger partial charge in [-0.3, -0.25) is 0 Å². The van der Waals surface area contributed by atoms with Crippen molar-refractivity contribution in [1.82, 2.24) is 9.13 Å². The van der Waals surface area contributed by atoms with Gasteiger partial charge < -0.3 is 13.6 Å². The molecule has 0 N–H and O–H groups in total. The highest BCUT2D eigenvalue weighted by molar-refractivity contribution is 6.28. The van der Waals surface area contributed by atoms with Gasteiger partial charge in [0.2, 0.25) is 0 Å². The van der Waals surface area contributed by atoms with E-state index in [-0.39, 0.29) is 0 Å². The summed E-state index contributed by atoms with van der Waals surface area (Å²) in [7, 11) is 0. The molecule has 1 aliphatic carbocycles. The first kappa shape index (κ1) is 29.1. The minimum absolute atomic E-state index is 0.915. The zero-order chi connectivity index (χ0) is 35.8. The lowest BCUT2D eigenvalue weighted by atomic mass is 9.96. The van der Waals surface area contributed by atoms with Crippen molar-refractivity contribution in [3.63, 3.8) is 0 Å². The van der Waals surface area contributed by atoms with Crippen molar-refractivity contribution in [2.45, 2.75) is 0 Å². The van der Waals surface area contributed by atoms with E-state index < -0.39 is 0 Å². The van der Waals surface area contributed by atoms with Gasteiger partial charge in [-0.15, -0.1) is 0 Å². The van der Waals surface area contributed by atoms with Gasteiger partial charge in [0.1, 0.15) is 11.2 Å². The molecule has 0 unspecified atom stereocenters. The van der Waals surface area contributed by atoms with Gasteiger partial charge in [-0.25, -0.2) is 0 Å². The third kappa shape index (κ3) is 3.89. The summed E-state index contributed by atoms with van der Waals surface area (Å²) in [5, 5.41) is 9.88. The van der Waals surface area contributed by atoms with Crippen LogP contribution in [0.25, 0.3) is 121 Å². The van der Waals surface area contributed by atoms with Crippen LogP contribution in [0, 0.1) is 0 Å². The zero-order valence-corrected chi connectivity index (χ0v) is 29.6. The molecule has 0 amide bonds. The molecule has 0 spiro atoms. The van der Waals surface area contributed by atoms with Crippen LogP contribution in [-0.4, -0.2) is 9.13 Å². The Morgan fingerprint density at radius 1 is 0.291 bits per heavy atom. The number of hydrogen-bond donors (Lipinski definition) is 0. The number of fused-ring (bicyclic) bond motifs is 13. The van der Waals surface area contributed by atoms with Crippen molar-refractivity contribution >= 4 is 76.3 Å². The van der Waals surface area contributed by atoms with Crippen LogP contribution in [0.1, 0.15) is 0 Å². The van der Waals surface area contributed by atoms with E-state index in [1.807, 2.05) is 0 Å². The molecule has 3 heteroatoms. The first-order chi connectivity index (χ1) is 27.3. The third-order valence-electron chi connectivity index (χ3n) is 12.0. The van der Waals surface area contributed by atoms with Gasteiger partial charge in [0.15, 0.2) is 0 Å². The van der Waals surface area contributed by atoms with Gasteiger partial charge in [-0.2, -0.15) is 0 Å². The average Bonchev–Trinajstić information content (AvgIpc) is 3.98. The highest BCUT2D eigenvalue weighted by Gasteiger charge is 2.25. The van der Waals surface area contributed by atoms with Crippen LogP contribution in [0.4, 0.5) is 0 Å². The van der Waals surface area contributed by atoms with Gasteiger partial charge in [0.05, 0.1) is 22.1 Å². The Labute approximate surface area is 315 Å². The molecule has 3 nitrogen and oxygen atoms in total. The molecule has 1 aliphatic rings. The van der Waals surface area contributed by atoms with Crippen LogP contribution in [0.15, 0.2) is 186 Å². The van der Waals surface area contributed by atoms with Gasteiger partial charge in [0, 0.05) is 43.7 Å². The number of hydrogen-bond acceptors (Lipinski definition) is 1. The molecule has 0 radical (unpaired) electrons. The maximum absolute atomic E-state index is 6.59. The first-order valence-electron chi connectivity index (χ1n) is 18.9. The van der Waals surface area contributed by atoms with Gasteiger partial charge in [-0.1, -0.05) is 109 Å². The Kier molecular flexibility index (Phi) is 5.63. The molecule has 55 heavy (non-hydrogen) atoms. The monoisotopic (exact) mass is 698 g/mol. The molecule has 3 aromatic heterocycles. The second-order valence-corrected chi connectivity index (χ2v) is 14.9. The topological polar surface area (TPSA) is 23.0 Å². The average molecular weight is 699 g/mol. The predicted octanol–water partition coefficient (Wildman–Crippen LogP) is 14.2. The van der Waals surface area contributed by atoms with Gasteiger partial charge in [-0.05, 0) is 117 Å². The molecule has 0 aliphatic heterocycles. The highest BCUT2D eigenvalue weighted by Crippen LogP contribution is 2.51. The summed E-state index contributed by atoms with van der Waals surface area (Å²) in [6.07, 6.45) is 0. The van der Waals surface area contributed by atoms with Crippen molar-refractivity contribution in [1.29, 1.82) is 0 Å². The molecule has 13 rings (SSSR count). The summed E-state index contributed by atoms with van der Waals surface area (Å²) < 4.78 is 11.4. The van der Waals surface area contributed by atoms with E-state index in [2.05, 4.69) is 191 Å². The number of rotatable bonds is 3. The van der Waals surface area contributed by atoms with Crippen molar-refractivity contribution in [2.75, 3.05) is 0 Å². The molecule has 12 aromatic rings. The number of furan rings is 1. The van der Waals surface area contributed by atoms with Crippen LogP contribution < -0.4 is 0 Å². The zero-order valence-electron chi connectivity index (χ0n) is 29.6. The van der Waals surface area contributed by atoms with E-state index in [0.717, 1.165) is 22.2 Å². The van der Waals surface area contributed by atoms with E-state index in [0.29, 0.717) is 0 Å². The summed E-state index contributed by atoms with van der Waals surface area (Å²) in [6, 6.07) is 66.4. The molecule has 9 aromatic carbocycles. The molecule has 0 atom stereocenters. The van der Waals surface area contributed by atoms with Crippen molar-refractivity contribution in [3.8, 4) is 44.8 Å². The van der Waals surface area contributed by atoms with E-state index in [1.54, 1.807) is 0 Å². The van der Waals surface area contributed by atoms with Gasteiger partial charge in [0.25, 0.3) is 0 Å². The van der Waals surface area contributed by atoms with Crippen molar-refractivity contribution in [3.05, 3.63) is 182 Å². The number of nitrogens with zero attached hydrogens (tertiary/aromatic N) is 2. The fraction of sp³-hybridized carbons (Fsp3) is 0. The lowest BCUT2D eigenvalue weighted by Gasteiger charge is -2.10. The van der Waals surface area contributed by atoms with Crippen LogP contribution >= 0.6 is 0 Å². The van der Waals surface area contributed by atoms with Crippen molar-refractivity contribution < 1.29 is 4.42 Å². The molecule has 0 fully saturated rings. The smallest absolute Gasteiger partial charge is 0.136 e. The number of benzene rings is 9. The Balaban J connectivity index is 0.997. The Morgan fingerprint density at radius 3 is 1.64 bits per heavy atom. The lowest BCUT2D eigenvalue weighted by Crippen LogP contribution is -1.95. The summed E-state index contributed by atoms with van der Waals surface area (Å²) in [4.78, 5) is 0. The van der Waals surface area contributed by atoms with E-state index in [9.17, 15) is 0 Å². The quantitative estimate of drug-likeness (QED) is 0.180. The van der Waals surface area contributed by atoms with Crippen molar-refractivity contribution in [2.24, 2.45) is 0 Å². The largest absolute Gasteiger partial charge is 0.456 e. The molecular weight excluding hydrogens is 669 g/mol. The molecule has 254 valence electrons. The highest BCUT2D eigenvalue weighted by atomic mass is 16.3. The van der Waals surface area contributed by atoms with Crippen LogP contribution in [0.3, 0.4) is 0 Å². The van der Waals surface area contributed by atoms with Gasteiger partial charge >= 0.3 is 0 Å². The van der Waals surface area contributed by atoms with E-state index >= 15 is 0 Å². The summed E-state index contributed by atoms with van der Waals surface area (Å²) in [6.45, 7) is 0. The first-order valence-corrected chi connectivity index (χ1v) is 18.9. The maximum atomic E-state index is 6.59. The van der Waals surface area contributed by atoms with E-state index in [1.165, 1.54) is 98.8 Å². The maximum Gasteiger partial charge on any atom is 0.136 e. The third-order valence-corrected chi connectivity index (χ3v) is 12.0. The summed E-state index contributed by atoms with van der Waals surface area (Å²) in [5.74, 6) is 0. The number of aromatic nitrogens is 2. The van der Waals surface area contributed by atoms with Crippen LogP contribution in [-0.2, 0) is 0 Å². The lowest BCUT2D eigenvalue weighted by molar-refractivity contribution is 0.669. The predicted molar refractivity (Wildman–Crippen MR) is 230 cm³/mol. The normalized spacial score (nSPS) is 12.4. The molecule has 0 bridgehead atoms. The standard InChI is InChI=1S/C52H30N2O/c1-2-11-33(12-3-1)53-45-19-8-7-16-38(45)42-29-34(23-25-48(42)53)54-46-20-9-6-15-37(46)41-27-31(21-24-47(41)54)32-22-26-49-44(28-32)52-40-18-10-17-39-35-13-4-5-14-36(35)43(51(39)40)30-50(52)55-49/h1-30H. The minimum atomic E-state index is 0.915. The Bertz CT molecular complexity index is 3600. The summed E-state index contributed by atoms with van der Waals surface area (Å²) >= 11 is 0. The Hall–Kier alpha value is -7.36. The second kappa shape index (κ2) is 10.6.